The van der Waals surface area contributed by atoms with E-state index in [0.717, 1.165) is 5.75 Å². The summed E-state index contributed by atoms with van der Waals surface area (Å²) in [5.41, 5.74) is 0.955. The van der Waals surface area contributed by atoms with Crippen LogP contribution < -0.4 is 10.2 Å². The Bertz CT molecular complexity index is 844. The first-order valence-corrected chi connectivity index (χ1v) is 10.9. The van der Waals surface area contributed by atoms with Gasteiger partial charge >= 0.3 is 0 Å². The van der Waals surface area contributed by atoms with Crippen LogP contribution in [0.4, 0.5) is 0 Å². The number of hydrogen-bond acceptors (Lipinski definition) is 6. The first-order valence-electron chi connectivity index (χ1n) is 7.99. The minimum absolute atomic E-state index is 0. The molecule has 2 rings (SSSR count). The van der Waals surface area contributed by atoms with Crippen molar-refractivity contribution in [1.82, 2.24) is 0 Å². The Kier molecular flexibility index (Phi) is 21.5. The largest absolute Gasteiger partial charge is 2.00 e. The second kappa shape index (κ2) is 19.5. The third-order valence-corrected chi connectivity index (χ3v) is 3.50. The number of para-hydroxylation sites is 2. The molecule has 0 amide bonds. The zero-order valence-corrected chi connectivity index (χ0v) is 22.5. The summed E-state index contributed by atoms with van der Waals surface area (Å²) in [5.74, 6) is 0.559. The van der Waals surface area contributed by atoms with Crippen molar-refractivity contribution in [3.05, 3.63) is 59.7 Å². The average molecular weight is 674 g/mol. The van der Waals surface area contributed by atoms with Gasteiger partial charge in [0.05, 0.1) is 6.21 Å². The summed E-state index contributed by atoms with van der Waals surface area (Å²) < 4.78 is 9.56. The Morgan fingerprint density at radius 2 is 1.40 bits per heavy atom. The van der Waals surface area contributed by atoms with Gasteiger partial charge in [-0.05, 0) is 16.9 Å². The van der Waals surface area contributed by atoms with Crippen molar-refractivity contribution < 1.29 is 56.5 Å². The van der Waals surface area contributed by atoms with Crippen LogP contribution in [0.3, 0.4) is 0 Å². The second-order valence-corrected chi connectivity index (χ2v) is 7.85. The molecule has 0 N–H and O–H groups in total. The van der Waals surface area contributed by atoms with E-state index in [1.54, 1.807) is 48.9 Å². The molecule has 0 heterocycles. The predicted octanol–water partition coefficient (Wildman–Crippen LogP) is 2.15. The Hall–Kier alpha value is -1.48. The predicted molar refractivity (Wildman–Crippen MR) is 114 cm³/mol. The van der Waals surface area contributed by atoms with Crippen molar-refractivity contribution in [1.29, 1.82) is 0 Å². The van der Waals surface area contributed by atoms with Crippen LogP contribution in [0.15, 0.2) is 63.7 Å². The van der Waals surface area contributed by atoms with Gasteiger partial charge in [-0.1, -0.05) is 73.0 Å². The molecule has 0 aromatic heterocycles. The SMILES string of the molecule is CCSC(/N=C/c1ccccc1[O-])=N/N=C/c1ccccc1[O-].CS(C)=O.[O-2].[O-2].[U]. The van der Waals surface area contributed by atoms with Crippen molar-refractivity contribution >= 4 is 40.2 Å². The number of nitrogens with zero attached hydrogens (tertiary/aromatic N) is 3. The van der Waals surface area contributed by atoms with Gasteiger partial charge in [0, 0.05) is 60.6 Å². The van der Waals surface area contributed by atoms with Crippen molar-refractivity contribution in [3.63, 3.8) is 0 Å². The van der Waals surface area contributed by atoms with Crippen LogP contribution in [-0.4, -0.2) is 40.1 Å². The van der Waals surface area contributed by atoms with Crippen molar-refractivity contribution in [3.8, 4) is 11.5 Å². The van der Waals surface area contributed by atoms with E-state index in [9.17, 15) is 14.4 Å². The van der Waals surface area contributed by atoms with Gasteiger partial charge in [0.15, 0.2) is 0 Å². The van der Waals surface area contributed by atoms with Crippen molar-refractivity contribution in [2.24, 2.45) is 15.2 Å². The van der Waals surface area contributed by atoms with Crippen molar-refractivity contribution in [2.75, 3.05) is 18.3 Å². The normalized spacial score (nSPS) is 10.6. The van der Waals surface area contributed by atoms with E-state index in [2.05, 4.69) is 15.2 Å². The van der Waals surface area contributed by atoms with E-state index in [4.69, 9.17) is 0 Å². The van der Waals surface area contributed by atoms with Gasteiger partial charge in [0.2, 0.25) is 5.17 Å². The maximum Gasteiger partial charge on any atom is 0.208 e. The maximum atomic E-state index is 11.6. The Balaban J connectivity index is -0.000000957. The Labute approximate surface area is 207 Å². The number of thioether (sulfide) groups is 1. The average Bonchev–Trinajstić information content (AvgIpc) is 2.62. The molecule has 2 aromatic rings. The summed E-state index contributed by atoms with van der Waals surface area (Å²) in [5, 5.41) is 31.5. The molecular weight excluding hydrogens is 652 g/mol. The van der Waals surface area contributed by atoms with Crippen LogP contribution in [0.2, 0.25) is 0 Å². The second-order valence-electron chi connectivity index (χ2n) is 5.14. The molecule has 30 heavy (non-hydrogen) atoms. The molecule has 0 aliphatic carbocycles. The Morgan fingerprint density at radius 1 is 0.967 bits per heavy atom. The molecule has 0 saturated heterocycles. The van der Waals surface area contributed by atoms with E-state index in [-0.39, 0.29) is 53.6 Å². The smallest absolute Gasteiger partial charge is 0.208 e. The standard InChI is InChI=1S/C17H17N3O2S.C2H6OS.2O.U/c1-2-23-17(18-11-13-7-3-5-9-15(13)21)20-19-12-14-8-4-6-10-16(14)22;1-4(2)3;;;/h3-12,21-22H,2H2,1H3;1-2H3;;;/q;;2*-2;/p-2/b18-11+,19-12+,20-17+;;;;. The molecule has 0 saturated carbocycles. The third kappa shape index (κ3) is 14.5. The van der Waals surface area contributed by atoms with Crippen LogP contribution in [0.25, 0.3) is 0 Å². The van der Waals surface area contributed by atoms with Crippen LogP contribution >= 0.6 is 11.8 Å². The quantitative estimate of drug-likeness (QED) is 0.277. The number of aliphatic imine (C=N–C) groups is 1. The third-order valence-electron chi connectivity index (χ3n) is 2.77. The van der Waals surface area contributed by atoms with Crippen LogP contribution in [-0.2, 0) is 21.8 Å². The molecule has 0 atom stereocenters. The fourth-order valence-corrected chi connectivity index (χ4v) is 2.15. The minimum atomic E-state index is -0.611. The van der Waals surface area contributed by atoms with E-state index in [1.807, 2.05) is 6.92 Å². The molecule has 0 aliphatic rings. The first-order chi connectivity index (χ1) is 12.9. The molecule has 0 spiro atoms. The minimum Gasteiger partial charge on any atom is -2.00 e. The molecule has 0 aliphatic heterocycles. The summed E-state index contributed by atoms with van der Waals surface area (Å²) in [6.07, 6.45) is 6.15. The van der Waals surface area contributed by atoms with Gasteiger partial charge in [-0.15, -0.1) is 10.9 Å². The van der Waals surface area contributed by atoms with Gasteiger partial charge < -0.3 is 21.2 Å². The molecule has 0 fully saturated rings. The molecule has 2 aromatic carbocycles. The van der Waals surface area contributed by atoms with Gasteiger partial charge in [-0.2, -0.15) is 5.10 Å². The Morgan fingerprint density at radius 3 is 1.83 bits per heavy atom. The van der Waals surface area contributed by atoms with E-state index in [1.165, 1.54) is 36.3 Å². The molecule has 0 radical (unpaired) electrons. The number of amidine groups is 1. The molecule has 8 nitrogen and oxygen atoms in total. The van der Waals surface area contributed by atoms with Crippen LogP contribution in [0.1, 0.15) is 18.1 Å². The van der Waals surface area contributed by atoms with Crippen LogP contribution in [0, 0.1) is 31.1 Å². The molecule has 0 bridgehead atoms. The summed E-state index contributed by atoms with van der Waals surface area (Å²) in [6, 6.07) is 13.2. The zero-order valence-electron chi connectivity index (χ0n) is 16.7. The van der Waals surface area contributed by atoms with E-state index >= 15 is 0 Å². The first kappa shape index (κ1) is 33.2. The molecule has 0 unspecified atom stereocenters. The number of hydrogen-bond donors (Lipinski definition) is 0. The van der Waals surface area contributed by atoms with Crippen molar-refractivity contribution in [2.45, 2.75) is 6.92 Å². The molecule has 11 heteroatoms. The van der Waals surface area contributed by atoms with Crippen LogP contribution in [0.5, 0.6) is 11.5 Å². The number of rotatable bonds is 4. The van der Waals surface area contributed by atoms with Gasteiger partial charge in [-0.25, -0.2) is 4.99 Å². The van der Waals surface area contributed by atoms with Gasteiger partial charge in [0.25, 0.3) is 0 Å². The fourth-order valence-electron chi connectivity index (χ4n) is 1.66. The van der Waals surface area contributed by atoms with E-state index < -0.39 is 10.8 Å². The monoisotopic (exact) mass is 673 g/mol. The van der Waals surface area contributed by atoms with E-state index in [0.29, 0.717) is 16.3 Å². The summed E-state index contributed by atoms with van der Waals surface area (Å²) >= 11 is 1.40. The fraction of sp³-hybridized carbons (Fsp3) is 0.211. The van der Waals surface area contributed by atoms with Gasteiger partial charge in [-0.3, -0.25) is 4.21 Å². The van der Waals surface area contributed by atoms with Gasteiger partial charge in [0.1, 0.15) is 0 Å². The summed E-state index contributed by atoms with van der Waals surface area (Å²) in [7, 11) is -0.611. The maximum absolute atomic E-state index is 11.6. The number of benzene rings is 2. The topological polar surface area (TPSA) is 157 Å². The summed E-state index contributed by atoms with van der Waals surface area (Å²) in [6.45, 7) is 1.97. The summed E-state index contributed by atoms with van der Waals surface area (Å²) in [4.78, 5) is 4.19. The molecule has 164 valence electrons. The molecular formula is C19H21N3O5S2U-6. The zero-order chi connectivity index (χ0) is 20.1.